The number of rotatable bonds is 6. The summed E-state index contributed by atoms with van der Waals surface area (Å²) in [5.74, 6) is 1.66. The van der Waals surface area contributed by atoms with E-state index in [9.17, 15) is 0 Å². The van der Waals surface area contributed by atoms with Crippen molar-refractivity contribution in [2.24, 2.45) is 10.9 Å². The summed E-state index contributed by atoms with van der Waals surface area (Å²) < 4.78 is 5.51. The average Bonchev–Trinajstić information content (AvgIpc) is 3.19. The highest BCUT2D eigenvalue weighted by Gasteiger charge is 2.45. The Bertz CT molecular complexity index is 574. The summed E-state index contributed by atoms with van der Waals surface area (Å²) >= 11 is 0. The maximum Gasteiger partial charge on any atom is 0.193 e. The van der Waals surface area contributed by atoms with Crippen molar-refractivity contribution in [3.8, 4) is 0 Å². The fourth-order valence-electron chi connectivity index (χ4n) is 3.73. The predicted molar refractivity (Wildman–Crippen MR) is 99.6 cm³/mol. The highest BCUT2D eigenvalue weighted by atomic mass is 16.5. The molecule has 2 fully saturated rings. The van der Waals surface area contributed by atoms with Crippen LogP contribution in [0.4, 0.5) is 0 Å². The van der Waals surface area contributed by atoms with Crippen LogP contribution in [0.5, 0.6) is 0 Å². The molecular formula is C20H31N3O. The van der Waals surface area contributed by atoms with Crippen LogP contribution in [-0.2, 0) is 10.2 Å². The van der Waals surface area contributed by atoms with E-state index < -0.39 is 0 Å². The molecule has 1 aliphatic carbocycles. The molecule has 0 spiro atoms. The Morgan fingerprint density at radius 3 is 2.79 bits per heavy atom. The van der Waals surface area contributed by atoms with E-state index in [1.807, 2.05) is 0 Å². The summed E-state index contributed by atoms with van der Waals surface area (Å²) in [6.07, 6.45) is 3.67. The van der Waals surface area contributed by atoms with E-state index >= 15 is 0 Å². The quantitative estimate of drug-likeness (QED) is 0.644. The normalized spacial score (nSPS) is 22.5. The Morgan fingerprint density at radius 2 is 2.17 bits per heavy atom. The molecule has 1 unspecified atom stereocenters. The molecule has 2 aliphatic rings. The van der Waals surface area contributed by atoms with Crippen molar-refractivity contribution < 1.29 is 4.74 Å². The number of aryl methyl sites for hydroxylation is 1. The number of ether oxygens (including phenoxy) is 1. The van der Waals surface area contributed by atoms with Crippen molar-refractivity contribution in [1.82, 2.24) is 10.2 Å². The SMILES string of the molecule is CCNC(=NCC1(c2ccccc2C)CC1)N(C)CC1CCOC1. The van der Waals surface area contributed by atoms with Gasteiger partial charge >= 0.3 is 0 Å². The lowest BCUT2D eigenvalue weighted by molar-refractivity contribution is 0.181. The number of guanidine groups is 1. The molecule has 0 radical (unpaired) electrons. The summed E-state index contributed by atoms with van der Waals surface area (Å²) in [4.78, 5) is 7.27. The summed E-state index contributed by atoms with van der Waals surface area (Å²) in [6, 6.07) is 8.78. The van der Waals surface area contributed by atoms with Gasteiger partial charge in [0.1, 0.15) is 0 Å². The summed E-state index contributed by atoms with van der Waals surface area (Å²) in [7, 11) is 2.15. The average molecular weight is 329 g/mol. The van der Waals surface area contributed by atoms with Gasteiger partial charge in [0, 0.05) is 38.1 Å². The van der Waals surface area contributed by atoms with Gasteiger partial charge in [-0.2, -0.15) is 0 Å². The largest absolute Gasteiger partial charge is 0.381 e. The highest BCUT2D eigenvalue weighted by Crippen LogP contribution is 2.49. The van der Waals surface area contributed by atoms with Crippen LogP contribution >= 0.6 is 0 Å². The Hall–Kier alpha value is -1.55. The van der Waals surface area contributed by atoms with Crippen LogP contribution < -0.4 is 5.32 Å². The first-order valence-corrected chi connectivity index (χ1v) is 9.28. The minimum Gasteiger partial charge on any atom is -0.381 e. The Labute approximate surface area is 146 Å². The van der Waals surface area contributed by atoms with E-state index in [0.717, 1.165) is 45.2 Å². The molecule has 1 aromatic rings. The van der Waals surface area contributed by atoms with Gasteiger partial charge < -0.3 is 15.0 Å². The highest BCUT2D eigenvalue weighted by molar-refractivity contribution is 5.79. The van der Waals surface area contributed by atoms with E-state index in [1.165, 1.54) is 24.0 Å². The fraction of sp³-hybridized carbons (Fsp3) is 0.650. The molecule has 24 heavy (non-hydrogen) atoms. The van der Waals surface area contributed by atoms with Gasteiger partial charge in [0.2, 0.25) is 0 Å². The minimum absolute atomic E-state index is 0.267. The number of nitrogens with zero attached hydrogens (tertiary/aromatic N) is 2. The van der Waals surface area contributed by atoms with Crippen LogP contribution in [0.25, 0.3) is 0 Å². The van der Waals surface area contributed by atoms with Crippen LogP contribution in [0, 0.1) is 12.8 Å². The van der Waals surface area contributed by atoms with Gasteiger partial charge in [-0.05, 0) is 44.2 Å². The standard InChI is InChI=1S/C20H31N3O/c1-4-21-19(23(3)13-17-9-12-24-14-17)22-15-20(10-11-20)18-8-6-5-7-16(18)2/h5-8,17H,4,9-15H2,1-3H3,(H,21,22). The van der Waals surface area contributed by atoms with Crippen molar-refractivity contribution in [1.29, 1.82) is 0 Å². The Kier molecular flexibility index (Phi) is 5.44. The van der Waals surface area contributed by atoms with Crippen molar-refractivity contribution in [3.63, 3.8) is 0 Å². The maximum atomic E-state index is 5.51. The molecule has 1 heterocycles. The zero-order valence-electron chi connectivity index (χ0n) is 15.3. The zero-order valence-corrected chi connectivity index (χ0v) is 15.3. The Morgan fingerprint density at radius 1 is 1.38 bits per heavy atom. The smallest absolute Gasteiger partial charge is 0.193 e. The van der Waals surface area contributed by atoms with Crippen LogP contribution in [0.2, 0.25) is 0 Å². The first-order valence-electron chi connectivity index (χ1n) is 9.28. The van der Waals surface area contributed by atoms with E-state index in [1.54, 1.807) is 0 Å². The van der Waals surface area contributed by atoms with Crippen LogP contribution in [0.15, 0.2) is 29.3 Å². The number of hydrogen-bond acceptors (Lipinski definition) is 2. The minimum atomic E-state index is 0.267. The van der Waals surface area contributed by atoms with Crippen LogP contribution in [0.3, 0.4) is 0 Å². The topological polar surface area (TPSA) is 36.9 Å². The first kappa shape index (κ1) is 17.3. The van der Waals surface area contributed by atoms with Crippen molar-refractivity contribution in [3.05, 3.63) is 35.4 Å². The monoisotopic (exact) mass is 329 g/mol. The van der Waals surface area contributed by atoms with Crippen LogP contribution in [0.1, 0.15) is 37.3 Å². The fourth-order valence-corrected chi connectivity index (χ4v) is 3.73. The molecule has 4 nitrogen and oxygen atoms in total. The summed E-state index contributed by atoms with van der Waals surface area (Å²) in [5, 5.41) is 3.46. The van der Waals surface area contributed by atoms with E-state index in [2.05, 4.69) is 55.4 Å². The molecule has 1 saturated heterocycles. The van der Waals surface area contributed by atoms with E-state index in [-0.39, 0.29) is 5.41 Å². The molecule has 4 heteroatoms. The lowest BCUT2D eigenvalue weighted by Gasteiger charge is -2.25. The number of nitrogens with one attached hydrogen (secondary N) is 1. The molecular weight excluding hydrogens is 298 g/mol. The molecule has 1 N–H and O–H groups in total. The molecule has 0 amide bonds. The van der Waals surface area contributed by atoms with Gasteiger partial charge in [-0.1, -0.05) is 24.3 Å². The molecule has 1 aromatic carbocycles. The molecule has 0 aromatic heterocycles. The summed E-state index contributed by atoms with van der Waals surface area (Å²) in [5.41, 5.74) is 3.15. The zero-order chi connectivity index (χ0) is 17.0. The van der Waals surface area contributed by atoms with Gasteiger partial charge in [-0.15, -0.1) is 0 Å². The molecule has 132 valence electrons. The van der Waals surface area contributed by atoms with Crippen molar-refractivity contribution >= 4 is 5.96 Å². The predicted octanol–water partition coefficient (Wildman–Crippen LogP) is 2.96. The van der Waals surface area contributed by atoms with E-state index in [0.29, 0.717) is 5.92 Å². The lowest BCUT2D eigenvalue weighted by atomic mass is 9.92. The third-order valence-electron chi connectivity index (χ3n) is 5.35. The second-order valence-electron chi connectivity index (χ2n) is 7.38. The third kappa shape index (κ3) is 3.92. The number of benzene rings is 1. The van der Waals surface area contributed by atoms with Crippen molar-refractivity contribution in [2.75, 3.05) is 39.9 Å². The van der Waals surface area contributed by atoms with Gasteiger partial charge in [0.05, 0.1) is 13.2 Å². The van der Waals surface area contributed by atoms with Crippen molar-refractivity contribution in [2.45, 2.75) is 38.5 Å². The molecule has 1 aliphatic heterocycles. The molecule has 1 saturated carbocycles. The number of hydrogen-bond donors (Lipinski definition) is 1. The van der Waals surface area contributed by atoms with E-state index in [4.69, 9.17) is 9.73 Å². The van der Waals surface area contributed by atoms with Crippen LogP contribution in [-0.4, -0.2) is 50.8 Å². The summed E-state index contributed by atoms with van der Waals surface area (Å²) in [6.45, 7) is 8.95. The number of aliphatic imine (C=N–C) groups is 1. The second-order valence-corrected chi connectivity index (χ2v) is 7.38. The van der Waals surface area contributed by atoms with Gasteiger partial charge in [-0.25, -0.2) is 0 Å². The third-order valence-corrected chi connectivity index (χ3v) is 5.35. The van der Waals surface area contributed by atoms with Gasteiger partial charge in [0.25, 0.3) is 0 Å². The van der Waals surface area contributed by atoms with Gasteiger partial charge in [0.15, 0.2) is 5.96 Å². The second kappa shape index (κ2) is 7.56. The van der Waals surface area contributed by atoms with Gasteiger partial charge in [-0.3, -0.25) is 4.99 Å². The maximum absolute atomic E-state index is 5.51. The molecule has 0 bridgehead atoms. The molecule has 3 rings (SSSR count). The first-order chi connectivity index (χ1) is 11.6. The Balaban J connectivity index is 1.68. The lowest BCUT2D eigenvalue weighted by Crippen LogP contribution is -2.42. The molecule has 1 atom stereocenters.